The Morgan fingerprint density at radius 3 is 2.44 bits per heavy atom. The quantitative estimate of drug-likeness (QED) is 0.640. The van der Waals surface area contributed by atoms with Gasteiger partial charge in [-0.25, -0.2) is 3.53 Å². The number of rotatable bonds is 5. The molecule has 0 spiro atoms. The number of hydrogen-bond acceptors (Lipinski definition) is 2. The van der Waals surface area contributed by atoms with Crippen LogP contribution in [0.3, 0.4) is 0 Å². The van der Waals surface area contributed by atoms with E-state index in [4.69, 9.17) is 0 Å². The molecule has 0 saturated heterocycles. The van der Waals surface area contributed by atoms with Crippen LogP contribution in [0.5, 0.6) is 0 Å². The van der Waals surface area contributed by atoms with Gasteiger partial charge in [0, 0.05) is 28.9 Å². The van der Waals surface area contributed by atoms with Crippen LogP contribution in [0.4, 0.5) is 0 Å². The van der Waals surface area contributed by atoms with Crippen molar-refractivity contribution < 1.29 is 4.79 Å². The molecule has 88 valence electrons. The molecule has 0 aliphatic carbocycles. The molecule has 0 bridgehead atoms. The largest absolute Gasteiger partial charge is 0.353 e. The molecular formula is C12H17IN2O. The van der Waals surface area contributed by atoms with E-state index in [1.807, 2.05) is 67.0 Å². The fourth-order valence-electron chi connectivity index (χ4n) is 1.42. The van der Waals surface area contributed by atoms with Crippen LogP contribution < -0.4 is 8.85 Å². The molecule has 0 heterocycles. The average Bonchev–Trinajstić information content (AvgIpc) is 2.26. The number of benzene rings is 1. The summed E-state index contributed by atoms with van der Waals surface area (Å²) in [6.07, 6.45) is 0.711. The lowest BCUT2D eigenvalue weighted by Gasteiger charge is -2.17. The maximum Gasteiger partial charge on any atom is 0.238 e. The minimum absolute atomic E-state index is 0.0493. The molecule has 1 atom stereocenters. The fraction of sp³-hybridized carbons (Fsp3) is 0.417. The van der Waals surface area contributed by atoms with Gasteiger partial charge in [0.25, 0.3) is 0 Å². The van der Waals surface area contributed by atoms with Gasteiger partial charge in [0.1, 0.15) is 0 Å². The molecule has 0 aromatic heterocycles. The van der Waals surface area contributed by atoms with Gasteiger partial charge in [-0.3, -0.25) is 4.79 Å². The third-order valence-corrected chi connectivity index (χ3v) is 2.91. The Morgan fingerprint density at radius 1 is 1.31 bits per heavy atom. The first-order valence-corrected chi connectivity index (χ1v) is 6.42. The van der Waals surface area contributed by atoms with Crippen molar-refractivity contribution in [2.24, 2.45) is 0 Å². The Kier molecular flexibility index (Phi) is 5.76. The molecule has 4 heteroatoms. The summed E-state index contributed by atoms with van der Waals surface area (Å²) in [5, 5.41) is 2.91. The van der Waals surface area contributed by atoms with Crippen molar-refractivity contribution in [3.05, 3.63) is 35.9 Å². The van der Waals surface area contributed by atoms with E-state index in [-0.39, 0.29) is 18.0 Å². The van der Waals surface area contributed by atoms with Gasteiger partial charge in [0.05, 0.1) is 6.04 Å². The Bertz CT molecular complexity index is 327. The molecule has 1 aromatic carbocycles. The lowest BCUT2D eigenvalue weighted by molar-refractivity contribution is -0.123. The Labute approximate surface area is 111 Å². The molecule has 1 amide bonds. The van der Waals surface area contributed by atoms with Gasteiger partial charge in [-0.15, -0.1) is 0 Å². The van der Waals surface area contributed by atoms with E-state index in [9.17, 15) is 4.79 Å². The molecule has 0 saturated carbocycles. The minimum atomic E-state index is -0.176. The predicted octanol–water partition coefficient (Wildman–Crippen LogP) is 2.06. The van der Waals surface area contributed by atoms with Crippen molar-refractivity contribution in [2.75, 3.05) is 0 Å². The molecule has 0 aliphatic heterocycles. The highest BCUT2D eigenvalue weighted by Crippen LogP contribution is 2.04. The lowest BCUT2D eigenvalue weighted by Crippen LogP contribution is -2.44. The molecule has 1 aromatic rings. The van der Waals surface area contributed by atoms with E-state index in [0.717, 1.165) is 5.56 Å². The van der Waals surface area contributed by atoms with E-state index in [2.05, 4.69) is 8.85 Å². The molecule has 0 radical (unpaired) electrons. The molecule has 1 unspecified atom stereocenters. The summed E-state index contributed by atoms with van der Waals surface area (Å²) in [6.45, 7) is 3.93. The highest BCUT2D eigenvalue weighted by molar-refractivity contribution is 14.1. The first-order chi connectivity index (χ1) is 7.63. The van der Waals surface area contributed by atoms with E-state index < -0.39 is 0 Å². The van der Waals surface area contributed by atoms with Crippen molar-refractivity contribution in [2.45, 2.75) is 32.4 Å². The molecule has 0 fully saturated rings. The summed E-state index contributed by atoms with van der Waals surface area (Å²) in [5.74, 6) is 0.0493. The van der Waals surface area contributed by atoms with E-state index in [1.54, 1.807) is 0 Å². The van der Waals surface area contributed by atoms with Gasteiger partial charge >= 0.3 is 0 Å². The van der Waals surface area contributed by atoms with Gasteiger partial charge in [0.2, 0.25) is 5.91 Å². The van der Waals surface area contributed by atoms with Crippen LogP contribution in [0, 0.1) is 0 Å². The third kappa shape index (κ3) is 4.49. The Hall–Kier alpha value is -0.620. The predicted molar refractivity (Wildman–Crippen MR) is 74.4 cm³/mol. The third-order valence-electron chi connectivity index (χ3n) is 2.16. The smallest absolute Gasteiger partial charge is 0.238 e. The number of halogens is 1. The van der Waals surface area contributed by atoms with Crippen molar-refractivity contribution in [1.29, 1.82) is 0 Å². The number of carbonyl (C=O) groups is 1. The van der Waals surface area contributed by atoms with Crippen LogP contribution in [0.2, 0.25) is 0 Å². The highest BCUT2D eigenvalue weighted by Gasteiger charge is 2.17. The fourth-order valence-corrected chi connectivity index (χ4v) is 1.92. The second kappa shape index (κ2) is 6.85. The summed E-state index contributed by atoms with van der Waals surface area (Å²) in [5.41, 5.74) is 1.16. The lowest BCUT2D eigenvalue weighted by atomic mass is 10.1. The van der Waals surface area contributed by atoms with E-state index >= 15 is 0 Å². The Morgan fingerprint density at radius 2 is 1.94 bits per heavy atom. The zero-order valence-electron chi connectivity index (χ0n) is 9.53. The van der Waals surface area contributed by atoms with Crippen molar-refractivity contribution in [3.63, 3.8) is 0 Å². The number of carbonyl (C=O) groups excluding carboxylic acids is 1. The summed E-state index contributed by atoms with van der Waals surface area (Å²) >= 11 is 2.03. The van der Waals surface area contributed by atoms with Crippen LogP contribution >= 0.6 is 22.9 Å². The zero-order valence-corrected chi connectivity index (χ0v) is 11.7. The van der Waals surface area contributed by atoms with E-state index in [0.29, 0.717) is 6.42 Å². The van der Waals surface area contributed by atoms with Gasteiger partial charge < -0.3 is 5.32 Å². The Balaban J connectivity index is 2.58. The molecule has 0 aliphatic rings. The van der Waals surface area contributed by atoms with Crippen molar-refractivity contribution in [3.8, 4) is 0 Å². The monoisotopic (exact) mass is 332 g/mol. The number of amides is 1. The topological polar surface area (TPSA) is 41.1 Å². The van der Waals surface area contributed by atoms with Gasteiger partial charge in [-0.1, -0.05) is 30.3 Å². The average molecular weight is 332 g/mol. The maximum absolute atomic E-state index is 11.8. The molecular weight excluding hydrogens is 315 g/mol. The zero-order chi connectivity index (χ0) is 12.0. The molecule has 16 heavy (non-hydrogen) atoms. The highest BCUT2D eigenvalue weighted by atomic mass is 127. The van der Waals surface area contributed by atoms with Gasteiger partial charge in [-0.05, 0) is 25.8 Å². The number of hydrogen-bond donors (Lipinski definition) is 2. The first kappa shape index (κ1) is 13.4. The second-order valence-electron chi connectivity index (χ2n) is 4.01. The van der Waals surface area contributed by atoms with Crippen LogP contribution in [0.15, 0.2) is 30.3 Å². The SMILES string of the molecule is CC(C)NC(=O)C(Cc1ccccc1)NI. The minimum Gasteiger partial charge on any atom is -0.353 e. The summed E-state index contributed by atoms with van der Waals surface area (Å²) < 4.78 is 3.01. The van der Waals surface area contributed by atoms with Crippen LogP contribution in [0.1, 0.15) is 19.4 Å². The molecule has 3 nitrogen and oxygen atoms in total. The first-order valence-electron chi connectivity index (χ1n) is 5.34. The van der Waals surface area contributed by atoms with Crippen LogP contribution in [-0.4, -0.2) is 18.0 Å². The van der Waals surface area contributed by atoms with Crippen molar-refractivity contribution >= 4 is 28.8 Å². The van der Waals surface area contributed by atoms with Crippen LogP contribution in [-0.2, 0) is 11.2 Å². The standard InChI is InChI=1S/C12H17IN2O/c1-9(2)14-12(16)11(15-13)8-10-6-4-3-5-7-10/h3-7,9,11,15H,8H2,1-2H3,(H,14,16). The maximum atomic E-state index is 11.8. The van der Waals surface area contributed by atoms with Crippen LogP contribution in [0.25, 0.3) is 0 Å². The second-order valence-corrected chi connectivity index (χ2v) is 4.64. The van der Waals surface area contributed by atoms with Gasteiger partial charge in [-0.2, -0.15) is 0 Å². The summed E-state index contributed by atoms with van der Waals surface area (Å²) in [7, 11) is 0. The van der Waals surface area contributed by atoms with E-state index in [1.165, 1.54) is 0 Å². The number of nitrogens with one attached hydrogen (secondary N) is 2. The normalized spacial score (nSPS) is 12.5. The summed E-state index contributed by atoms with van der Waals surface area (Å²) in [4.78, 5) is 11.8. The molecule has 2 N–H and O–H groups in total. The molecule has 1 rings (SSSR count). The summed E-state index contributed by atoms with van der Waals surface area (Å²) in [6, 6.07) is 10.0. The van der Waals surface area contributed by atoms with Crippen molar-refractivity contribution in [1.82, 2.24) is 8.85 Å². The van der Waals surface area contributed by atoms with Gasteiger partial charge in [0.15, 0.2) is 0 Å².